The number of halogens is 1. The summed E-state index contributed by atoms with van der Waals surface area (Å²) in [4.78, 5) is 16.2. The summed E-state index contributed by atoms with van der Waals surface area (Å²) >= 11 is 5.80. The zero-order chi connectivity index (χ0) is 17.1. The highest BCUT2D eigenvalue weighted by atomic mass is 35.5. The third-order valence-electron chi connectivity index (χ3n) is 3.20. The Bertz CT molecular complexity index is 879. The van der Waals surface area contributed by atoms with E-state index in [0.29, 0.717) is 11.5 Å². The van der Waals surface area contributed by atoms with E-state index in [0.717, 1.165) is 5.69 Å². The van der Waals surface area contributed by atoms with E-state index in [1.54, 1.807) is 11.6 Å². The minimum atomic E-state index is -0.512. The second-order valence-electron chi connectivity index (χ2n) is 4.98. The highest BCUT2D eigenvalue weighted by molar-refractivity contribution is 6.32. The van der Waals surface area contributed by atoms with Crippen molar-refractivity contribution in [1.29, 1.82) is 0 Å². The molecule has 3 N–H and O–H groups in total. The van der Waals surface area contributed by atoms with E-state index in [4.69, 9.17) is 11.6 Å². The number of aryl methyl sites for hydroxylation is 1. The van der Waals surface area contributed by atoms with Crippen LogP contribution in [0, 0.1) is 6.92 Å². The number of anilines is 2. The number of hydrogen-bond acceptors (Lipinski definition) is 4. The SMILES string of the molecule is Cc1nc(NC(=O)Nc2ccc(O)c(Cl)c2)nn1-c1ccccc1. The van der Waals surface area contributed by atoms with E-state index in [2.05, 4.69) is 20.7 Å². The van der Waals surface area contributed by atoms with Gasteiger partial charge in [0.15, 0.2) is 0 Å². The molecule has 0 aliphatic carbocycles. The molecule has 0 aliphatic rings. The van der Waals surface area contributed by atoms with Crippen molar-refractivity contribution in [3.8, 4) is 11.4 Å². The fraction of sp³-hybridized carbons (Fsp3) is 0.0625. The number of nitrogens with zero attached hydrogens (tertiary/aromatic N) is 3. The Labute approximate surface area is 142 Å². The lowest BCUT2D eigenvalue weighted by molar-refractivity contribution is 0.262. The zero-order valence-corrected chi connectivity index (χ0v) is 13.4. The van der Waals surface area contributed by atoms with Crippen molar-refractivity contribution in [2.45, 2.75) is 6.92 Å². The Morgan fingerprint density at radius 3 is 2.62 bits per heavy atom. The summed E-state index contributed by atoms with van der Waals surface area (Å²) in [5, 5.41) is 18.9. The largest absolute Gasteiger partial charge is 0.506 e. The molecule has 2 aromatic carbocycles. The van der Waals surface area contributed by atoms with Gasteiger partial charge in [-0.25, -0.2) is 9.48 Å². The van der Waals surface area contributed by atoms with Crippen LogP contribution in [-0.4, -0.2) is 25.9 Å². The second kappa shape index (κ2) is 6.59. The lowest BCUT2D eigenvalue weighted by atomic mass is 10.3. The van der Waals surface area contributed by atoms with Gasteiger partial charge in [-0.3, -0.25) is 5.32 Å². The van der Waals surface area contributed by atoms with Gasteiger partial charge < -0.3 is 10.4 Å². The third-order valence-corrected chi connectivity index (χ3v) is 3.50. The molecule has 0 saturated heterocycles. The van der Waals surface area contributed by atoms with Crippen LogP contribution in [0.4, 0.5) is 16.4 Å². The number of carbonyl (C=O) groups is 1. The number of rotatable bonds is 3. The van der Waals surface area contributed by atoms with Crippen LogP contribution in [0.2, 0.25) is 5.02 Å². The first-order valence-electron chi connectivity index (χ1n) is 7.08. The number of urea groups is 1. The molecule has 0 saturated carbocycles. The molecule has 7 nitrogen and oxygen atoms in total. The van der Waals surface area contributed by atoms with Gasteiger partial charge in [0.1, 0.15) is 11.6 Å². The number of aromatic hydroxyl groups is 1. The van der Waals surface area contributed by atoms with E-state index in [1.807, 2.05) is 30.3 Å². The van der Waals surface area contributed by atoms with Gasteiger partial charge >= 0.3 is 6.03 Å². The van der Waals surface area contributed by atoms with E-state index in [-0.39, 0.29) is 16.7 Å². The van der Waals surface area contributed by atoms with E-state index >= 15 is 0 Å². The van der Waals surface area contributed by atoms with Crippen molar-refractivity contribution in [3.05, 3.63) is 59.4 Å². The molecule has 0 spiro atoms. The lowest BCUT2D eigenvalue weighted by Crippen LogP contribution is -2.20. The van der Waals surface area contributed by atoms with E-state index in [9.17, 15) is 9.90 Å². The Balaban J connectivity index is 1.72. The van der Waals surface area contributed by atoms with Gasteiger partial charge in [-0.1, -0.05) is 29.8 Å². The van der Waals surface area contributed by atoms with E-state index < -0.39 is 6.03 Å². The third kappa shape index (κ3) is 3.47. The van der Waals surface area contributed by atoms with Gasteiger partial charge in [-0.15, -0.1) is 5.10 Å². The van der Waals surface area contributed by atoms with Crippen LogP contribution in [0.1, 0.15) is 5.82 Å². The van der Waals surface area contributed by atoms with Gasteiger partial charge in [-0.05, 0) is 37.3 Å². The van der Waals surface area contributed by atoms with Crippen LogP contribution >= 0.6 is 11.6 Å². The van der Waals surface area contributed by atoms with Crippen LogP contribution in [0.5, 0.6) is 5.75 Å². The van der Waals surface area contributed by atoms with Gasteiger partial charge in [0, 0.05) is 5.69 Å². The summed E-state index contributed by atoms with van der Waals surface area (Å²) in [5.74, 6) is 0.768. The predicted octanol–water partition coefficient (Wildman–Crippen LogP) is 3.58. The molecule has 1 aromatic heterocycles. The summed E-state index contributed by atoms with van der Waals surface area (Å²) in [6.45, 7) is 1.79. The van der Waals surface area contributed by atoms with E-state index in [1.165, 1.54) is 18.2 Å². The number of benzene rings is 2. The Morgan fingerprint density at radius 1 is 1.17 bits per heavy atom. The molecule has 0 fully saturated rings. The summed E-state index contributed by atoms with van der Waals surface area (Å²) in [6.07, 6.45) is 0. The minimum absolute atomic E-state index is 0.0541. The summed E-state index contributed by atoms with van der Waals surface area (Å²) < 4.78 is 1.63. The number of phenols is 1. The Hall–Kier alpha value is -3.06. The van der Waals surface area contributed by atoms with Crippen molar-refractivity contribution in [1.82, 2.24) is 14.8 Å². The van der Waals surface area contributed by atoms with Crippen LogP contribution < -0.4 is 10.6 Å². The van der Waals surface area contributed by atoms with Crippen molar-refractivity contribution < 1.29 is 9.90 Å². The molecule has 0 aliphatic heterocycles. The molecule has 2 amide bonds. The monoisotopic (exact) mass is 343 g/mol. The molecule has 0 radical (unpaired) electrons. The summed E-state index contributed by atoms with van der Waals surface area (Å²) in [6, 6.07) is 13.3. The Morgan fingerprint density at radius 2 is 1.92 bits per heavy atom. The lowest BCUT2D eigenvalue weighted by Gasteiger charge is -2.06. The average Bonchev–Trinajstić information content (AvgIpc) is 2.92. The van der Waals surface area contributed by atoms with Crippen LogP contribution in [0.25, 0.3) is 5.69 Å². The molecular weight excluding hydrogens is 330 g/mol. The highest BCUT2D eigenvalue weighted by Gasteiger charge is 2.11. The smallest absolute Gasteiger partial charge is 0.326 e. The number of para-hydroxylation sites is 1. The number of hydrogen-bond donors (Lipinski definition) is 3. The maximum atomic E-state index is 12.0. The molecule has 0 bridgehead atoms. The molecule has 3 rings (SSSR count). The molecule has 24 heavy (non-hydrogen) atoms. The molecule has 3 aromatic rings. The quantitative estimate of drug-likeness (QED) is 0.634. The zero-order valence-electron chi connectivity index (χ0n) is 12.7. The molecule has 122 valence electrons. The number of phenolic OH excluding ortho intramolecular Hbond substituents is 1. The van der Waals surface area contributed by atoms with Gasteiger partial charge in [0.2, 0.25) is 0 Å². The van der Waals surface area contributed by atoms with Crippen LogP contribution in [0.3, 0.4) is 0 Å². The summed E-state index contributed by atoms with van der Waals surface area (Å²) in [7, 11) is 0. The number of carbonyl (C=O) groups excluding carboxylic acids is 1. The number of amides is 2. The Kier molecular flexibility index (Phi) is 4.35. The van der Waals surface area contributed by atoms with Crippen LogP contribution in [-0.2, 0) is 0 Å². The molecule has 0 atom stereocenters. The van der Waals surface area contributed by atoms with Crippen LogP contribution in [0.15, 0.2) is 48.5 Å². The first kappa shape index (κ1) is 15.8. The van der Waals surface area contributed by atoms with Gasteiger partial charge in [0.05, 0.1) is 10.7 Å². The fourth-order valence-electron chi connectivity index (χ4n) is 2.11. The van der Waals surface area contributed by atoms with Crippen molar-refractivity contribution >= 4 is 29.3 Å². The first-order chi connectivity index (χ1) is 11.5. The standard InChI is InChI=1S/C16H14ClN5O2/c1-10-18-15(21-22(10)12-5-3-2-4-6-12)20-16(24)19-11-7-8-14(23)13(17)9-11/h2-9,23H,1H3,(H2,19,20,21,24). The maximum absolute atomic E-state index is 12.0. The van der Waals surface area contributed by atoms with Crippen molar-refractivity contribution in [2.75, 3.05) is 10.6 Å². The molecular formula is C16H14ClN5O2. The van der Waals surface area contributed by atoms with Gasteiger partial charge in [-0.2, -0.15) is 4.98 Å². The molecule has 1 heterocycles. The average molecular weight is 344 g/mol. The second-order valence-corrected chi connectivity index (χ2v) is 5.38. The molecule has 0 unspecified atom stereocenters. The molecule has 8 heteroatoms. The van der Waals surface area contributed by atoms with Crippen molar-refractivity contribution in [2.24, 2.45) is 0 Å². The fourth-order valence-corrected chi connectivity index (χ4v) is 2.29. The topological polar surface area (TPSA) is 92.1 Å². The number of aromatic nitrogens is 3. The predicted molar refractivity (Wildman–Crippen MR) is 91.9 cm³/mol. The summed E-state index contributed by atoms with van der Waals surface area (Å²) in [5.41, 5.74) is 1.29. The first-order valence-corrected chi connectivity index (χ1v) is 7.46. The minimum Gasteiger partial charge on any atom is -0.506 e. The number of nitrogens with one attached hydrogen (secondary N) is 2. The highest BCUT2D eigenvalue weighted by Crippen LogP contribution is 2.26. The van der Waals surface area contributed by atoms with Crippen molar-refractivity contribution in [3.63, 3.8) is 0 Å². The normalized spacial score (nSPS) is 10.4. The maximum Gasteiger partial charge on any atom is 0.326 e. The van der Waals surface area contributed by atoms with Gasteiger partial charge in [0.25, 0.3) is 5.95 Å².